The molecule has 0 unspecified atom stereocenters. The fourth-order valence-electron chi connectivity index (χ4n) is 3.76. The van der Waals surface area contributed by atoms with Gasteiger partial charge in [0.15, 0.2) is 0 Å². The number of hydrogen-bond donors (Lipinski definition) is 0. The van der Waals surface area contributed by atoms with Crippen LogP contribution in [0.1, 0.15) is 27.3 Å². The Labute approximate surface area is 186 Å². The molecule has 2 aromatic carbocycles. The molecule has 2 heterocycles. The van der Waals surface area contributed by atoms with Crippen LogP contribution in [-0.2, 0) is 6.54 Å². The zero-order valence-electron chi connectivity index (χ0n) is 17.1. The molecule has 7 heteroatoms. The highest BCUT2D eigenvalue weighted by Gasteiger charge is 2.22. The number of carbonyl (C=O) groups is 1. The van der Waals surface area contributed by atoms with Gasteiger partial charge in [-0.1, -0.05) is 35.3 Å². The number of anilines is 1. The molecule has 1 amide bonds. The minimum atomic E-state index is 0.0754. The van der Waals surface area contributed by atoms with Gasteiger partial charge in [-0.25, -0.2) is 0 Å². The second-order valence-corrected chi connectivity index (χ2v) is 8.41. The van der Waals surface area contributed by atoms with E-state index >= 15 is 0 Å². The molecule has 156 valence electrons. The number of aryl methyl sites for hydroxylation is 1. The molecule has 1 aliphatic rings. The summed E-state index contributed by atoms with van der Waals surface area (Å²) in [4.78, 5) is 17.1. The Bertz CT molecular complexity index is 1040. The third-order valence-corrected chi connectivity index (χ3v) is 6.38. The number of halogens is 2. The Hall–Kier alpha value is -2.50. The molecule has 0 saturated carbocycles. The fourth-order valence-corrected chi connectivity index (χ4v) is 4.02. The number of amides is 1. The Balaban J connectivity index is 1.37. The molecule has 0 bridgehead atoms. The number of piperazine rings is 1. The summed E-state index contributed by atoms with van der Waals surface area (Å²) in [7, 11) is 0. The van der Waals surface area contributed by atoms with Crippen molar-refractivity contribution >= 4 is 34.8 Å². The Morgan fingerprint density at radius 1 is 0.933 bits per heavy atom. The van der Waals surface area contributed by atoms with E-state index in [1.165, 1.54) is 0 Å². The van der Waals surface area contributed by atoms with Gasteiger partial charge in [0, 0.05) is 42.5 Å². The Morgan fingerprint density at radius 3 is 2.13 bits per heavy atom. The van der Waals surface area contributed by atoms with Crippen LogP contribution in [0.2, 0.25) is 10.0 Å². The summed E-state index contributed by atoms with van der Waals surface area (Å²) in [6.45, 7) is 7.52. The zero-order chi connectivity index (χ0) is 21.3. The summed E-state index contributed by atoms with van der Waals surface area (Å²) in [5, 5.41) is 5.91. The van der Waals surface area contributed by atoms with Crippen molar-refractivity contribution < 1.29 is 4.79 Å². The van der Waals surface area contributed by atoms with Crippen molar-refractivity contribution in [1.82, 2.24) is 14.7 Å². The molecular formula is C23H24Cl2N4O. The monoisotopic (exact) mass is 442 g/mol. The van der Waals surface area contributed by atoms with Gasteiger partial charge in [0.25, 0.3) is 5.91 Å². The lowest BCUT2D eigenvalue weighted by atomic mass is 10.1. The van der Waals surface area contributed by atoms with Crippen molar-refractivity contribution in [2.24, 2.45) is 0 Å². The van der Waals surface area contributed by atoms with E-state index in [9.17, 15) is 4.79 Å². The Morgan fingerprint density at radius 2 is 1.57 bits per heavy atom. The van der Waals surface area contributed by atoms with Crippen LogP contribution in [0.5, 0.6) is 0 Å². The van der Waals surface area contributed by atoms with Gasteiger partial charge in [0.1, 0.15) is 0 Å². The van der Waals surface area contributed by atoms with Gasteiger partial charge in [-0.3, -0.25) is 9.48 Å². The number of benzene rings is 2. The van der Waals surface area contributed by atoms with E-state index in [4.69, 9.17) is 23.2 Å². The van der Waals surface area contributed by atoms with Crippen LogP contribution in [-0.4, -0.2) is 46.8 Å². The van der Waals surface area contributed by atoms with Crippen molar-refractivity contribution in [2.75, 3.05) is 31.1 Å². The Kier molecular flexibility index (Phi) is 6.02. The minimum absolute atomic E-state index is 0.0754. The predicted molar refractivity (Wildman–Crippen MR) is 122 cm³/mol. The van der Waals surface area contributed by atoms with E-state index in [0.29, 0.717) is 30.2 Å². The average molecular weight is 443 g/mol. The number of hydrogen-bond acceptors (Lipinski definition) is 3. The maximum absolute atomic E-state index is 12.9. The van der Waals surface area contributed by atoms with Crippen LogP contribution in [0.25, 0.3) is 0 Å². The summed E-state index contributed by atoms with van der Waals surface area (Å²) in [5.74, 6) is 0.0754. The van der Waals surface area contributed by atoms with Gasteiger partial charge in [-0.05, 0) is 55.8 Å². The second-order valence-electron chi connectivity index (χ2n) is 7.60. The molecule has 0 radical (unpaired) electrons. The summed E-state index contributed by atoms with van der Waals surface area (Å²) in [6, 6.07) is 15.6. The smallest absolute Gasteiger partial charge is 0.253 e. The first kappa shape index (κ1) is 20.8. The van der Waals surface area contributed by atoms with Crippen LogP contribution in [0, 0.1) is 13.8 Å². The first-order chi connectivity index (χ1) is 14.4. The molecule has 0 atom stereocenters. The minimum Gasteiger partial charge on any atom is -0.368 e. The van der Waals surface area contributed by atoms with E-state index in [1.807, 2.05) is 72.0 Å². The van der Waals surface area contributed by atoms with Crippen LogP contribution in [0.15, 0.2) is 48.5 Å². The van der Waals surface area contributed by atoms with Crippen LogP contribution in [0.4, 0.5) is 5.69 Å². The normalized spacial score (nSPS) is 14.3. The molecule has 1 aliphatic heterocycles. The molecule has 4 rings (SSSR count). The van der Waals surface area contributed by atoms with Crippen molar-refractivity contribution in [3.63, 3.8) is 0 Å². The second kappa shape index (κ2) is 8.70. The average Bonchev–Trinajstić information content (AvgIpc) is 3.01. The first-order valence-corrected chi connectivity index (χ1v) is 10.8. The quantitative estimate of drug-likeness (QED) is 0.581. The lowest BCUT2D eigenvalue weighted by Crippen LogP contribution is -2.48. The summed E-state index contributed by atoms with van der Waals surface area (Å²) in [5.41, 5.74) is 4.72. The maximum atomic E-state index is 12.9. The molecule has 0 aliphatic carbocycles. The predicted octanol–water partition coefficient (Wildman–Crippen LogP) is 4.82. The number of rotatable bonds is 4. The van der Waals surface area contributed by atoms with Crippen LogP contribution in [0.3, 0.4) is 0 Å². The molecular weight excluding hydrogens is 419 g/mol. The lowest BCUT2D eigenvalue weighted by Gasteiger charge is -2.36. The molecule has 3 aromatic rings. The summed E-state index contributed by atoms with van der Waals surface area (Å²) >= 11 is 12.2. The van der Waals surface area contributed by atoms with E-state index in [-0.39, 0.29) is 5.91 Å². The highest BCUT2D eigenvalue weighted by atomic mass is 35.5. The highest BCUT2D eigenvalue weighted by molar-refractivity contribution is 6.31. The van der Waals surface area contributed by atoms with E-state index in [1.54, 1.807) is 0 Å². The van der Waals surface area contributed by atoms with Gasteiger partial charge >= 0.3 is 0 Å². The number of aromatic nitrogens is 2. The van der Waals surface area contributed by atoms with Crippen LogP contribution >= 0.6 is 23.2 Å². The third kappa shape index (κ3) is 4.32. The van der Waals surface area contributed by atoms with Crippen LogP contribution < -0.4 is 4.90 Å². The number of carbonyl (C=O) groups excluding carboxylic acids is 1. The van der Waals surface area contributed by atoms with E-state index in [0.717, 1.165) is 40.8 Å². The highest BCUT2D eigenvalue weighted by Crippen LogP contribution is 2.21. The zero-order valence-corrected chi connectivity index (χ0v) is 18.6. The standard InChI is InChI=1S/C23H24Cl2N4O/c1-16-22(25)17(2)29(26-16)15-18-3-5-19(6-4-18)23(30)28-13-11-27(12-14-28)21-9-7-20(24)8-10-21/h3-10H,11-15H2,1-2H3. The SMILES string of the molecule is Cc1nn(Cc2ccc(C(=O)N3CCN(c4ccc(Cl)cc4)CC3)cc2)c(C)c1Cl. The maximum Gasteiger partial charge on any atom is 0.253 e. The van der Waals surface area contributed by atoms with Crippen molar-refractivity contribution in [1.29, 1.82) is 0 Å². The molecule has 30 heavy (non-hydrogen) atoms. The van der Waals surface area contributed by atoms with Crippen molar-refractivity contribution in [3.8, 4) is 0 Å². The fraction of sp³-hybridized carbons (Fsp3) is 0.304. The van der Waals surface area contributed by atoms with Gasteiger partial charge in [-0.15, -0.1) is 0 Å². The third-order valence-electron chi connectivity index (χ3n) is 5.59. The first-order valence-electron chi connectivity index (χ1n) is 10.0. The summed E-state index contributed by atoms with van der Waals surface area (Å²) < 4.78 is 1.89. The lowest BCUT2D eigenvalue weighted by molar-refractivity contribution is 0.0747. The number of nitrogens with zero attached hydrogens (tertiary/aromatic N) is 4. The van der Waals surface area contributed by atoms with Gasteiger partial charge in [0.05, 0.1) is 23.0 Å². The molecule has 1 aromatic heterocycles. The summed E-state index contributed by atoms with van der Waals surface area (Å²) in [6.07, 6.45) is 0. The topological polar surface area (TPSA) is 41.4 Å². The largest absolute Gasteiger partial charge is 0.368 e. The van der Waals surface area contributed by atoms with Gasteiger partial charge in [-0.2, -0.15) is 5.10 Å². The molecule has 0 spiro atoms. The van der Waals surface area contributed by atoms with Crippen molar-refractivity contribution in [3.05, 3.63) is 81.1 Å². The molecule has 1 saturated heterocycles. The van der Waals surface area contributed by atoms with E-state index in [2.05, 4.69) is 10.00 Å². The molecule has 0 N–H and O–H groups in total. The van der Waals surface area contributed by atoms with Crippen molar-refractivity contribution in [2.45, 2.75) is 20.4 Å². The molecule has 1 fully saturated rings. The van der Waals surface area contributed by atoms with Gasteiger partial charge in [0.2, 0.25) is 0 Å². The van der Waals surface area contributed by atoms with Gasteiger partial charge < -0.3 is 9.80 Å². The van der Waals surface area contributed by atoms with E-state index < -0.39 is 0 Å². The molecule has 5 nitrogen and oxygen atoms in total.